The van der Waals surface area contributed by atoms with Gasteiger partial charge in [-0.3, -0.25) is 0 Å². The summed E-state index contributed by atoms with van der Waals surface area (Å²) in [6, 6.07) is 40.4. The van der Waals surface area contributed by atoms with E-state index in [2.05, 4.69) is 119 Å². The zero-order valence-electron chi connectivity index (χ0n) is 17.3. The molecule has 32 heavy (non-hydrogen) atoms. The normalized spacial score (nSPS) is 11.3. The van der Waals surface area contributed by atoms with Crippen LogP contribution in [0.3, 0.4) is 0 Å². The SMILES string of the molecule is Brc1cccc(-c2cc(-c3ccccc3)cc3c2oc2ccc(-c4ccccc4)cc23)c1. The third-order valence-electron chi connectivity index (χ3n) is 5.92. The minimum atomic E-state index is 0.904. The van der Waals surface area contributed by atoms with E-state index in [4.69, 9.17) is 4.42 Å². The van der Waals surface area contributed by atoms with Crippen molar-refractivity contribution in [3.63, 3.8) is 0 Å². The number of hydrogen-bond donors (Lipinski definition) is 0. The van der Waals surface area contributed by atoms with Gasteiger partial charge >= 0.3 is 0 Å². The van der Waals surface area contributed by atoms with E-state index in [1.807, 2.05) is 12.1 Å². The number of fused-ring (bicyclic) bond motifs is 3. The molecule has 6 rings (SSSR count). The summed E-state index contributed by atoms with van der Waals surface area (Å²) in [5.41, 5.74) is 8.82. The molecule has 152 valence electrons. The van der Waals surface area contributed by atoms with Crippen molar-refractivity contribution in [2.24, 2.45) is 0 Å². The molecule has 6 aromatic rings. The van der Waals surface area contributed by atoms with Gasteiger partial charge in [0.25, 0.3) is 0 Å². The Morgan fingerprint density at radius 2 is 1.12 bits per heavy atom. The predicted octanol–water partition coefficient (Wildman–Crippen LogP) is 9.35. The lowest BCUT2D eigenvalue weighted by Gasteiger charge is -2.08. The Balaban J connectivity index is 1.67. The monoisotopic (exact) mass is 474 g/mol. The lowest BCUT2D eigenvalue weighted by atomic mass is 9.95. The molecule has 0 bridgehead atoms. The van der Waals surface area contributed by atoms with Gasteiger partial charge in [0, 0.05) is 20.8 Å². The number of benzene rings is 5. The summed E-state index contributed by atoms with van der Waals surface area (Å²) in [4.78, 5) is 0. The van der Waals surface area contributed by atoms with Crippen molar-refractivity contribution >= 4 is 37.9 Å². The second-order valence-corrected chi connectivity index (χ2v) is 8.87. The molecule has 0 saturated heterocycles. The Bertz CT molecular complexity index is 1560. The van der Waals surface area contributed by atoms with Crippen LogP contribution in [0.2, 0.25) is 0 Å². The summed E-state index contributed by atoms with van der Waals surface area (Å²) < 4.78 is 7.50. The standard InChI is InChI=1S/C30H19BrO/c31-25-13-7-12-23(16-25)26-18-24(21-10-5-2-6-11-21)19-28-27-17-22(20-8-3-1-4-9-20)14-15-29(27)32-30(26)28/h1-19H. The van der Waals surface area contributed by atoms with Gasteiger partial charge < -0.3 is 4.42 Å². The van der Waals surface area contributed by atoms with E-state index in [9.17, 15) is 0 Å². The molecule has 0 atom stereocenters. The zero-order valence-corrected chi connectivity index (χ0v) is 18.8. The predicted molar refractivity (Wildman–Crippen MR) is 138 cm³/mol. The second-order valence-electron chi connectivity index (χ2n) is 7.96. The highest BCUT2D eigenvalue weighted by molar-refractivity contribution is 9.10. The molecule has 0 aliphatic rings. The Kier molecular flexibility index (Phi) is 4.66. The van der Waals surface area contributed by atoms with E-state index in [0.29, 0.717) is 0 Å². The lowest BCUT2D eigenvalue weighted by Crippen LogP contribution is -1.84. The first-order chi connectivity index (χ1) is 15.8. The summed E-state index contributed by atoms with van der Waals surface area (Å²) in [6.45, 7) is 0. The van der Waals surface area contributed by atoms with E-state index in [1.54, 1.807) is 0 Å². The first-order valence-electron chi connectivity index (χ1n) is 10.6. The number of rotatable bonds is 3. The smallest absolute Gasteiger partial charge is 0.143 e. The minimum absolute atomic E-state index is 0.904. The molecule has 0 saturated carbocycles. The maximum Gasteiger partial charge on any atom is 0.143 e. The van der Waals surface area contributed by atoms with Gasteiger partial charge in [0.2, 0.25) is 0 Å². The van der Waals surface area contributed by atoms with Crippen LogP contribution < -0.4 is 0 Å². The summed E-state index contributed by atoms with van der Waals surface area (Å²) >= 11 is 3.63. The van der Waals surface area contributed by atoms with Crippen LogP contribution in [0.4, 0.5) is 0 Å². The molecule has 5 aromatic carbocycles. The van der Waals surface area contributed by atoms with Crippen LogP contribution in [-0.4, -0.2) is 0 Å². The Morgan fingerprint density at radius 3 is 1.84 bits per heavy atom. The van der Waals surface area contributed by atoms with E-state index in [0.717, 1.165) is 37.5 Å². The maximum absolute atomic E-state index is 6.44. The van der Waals surface area contributed by atoms with Crippen LogP contribution in [0.15, 0.2) is 124 Å². The maximum atomic E-state index is 6.44. The van der Waals surface area contributed by atoms with Gasteiger partial charge in [0.1, 0.15) is 11.2 Å². The molecule has 0 aliphatic heterocycles. The highest BCUT2D eigenvalue weighted by Crippen LogP contribution is 2.41. The fourth-order valence-electron chi connectivity index (χ4n) is 4.36. The van der Waals surface area contributed by atoms with Crippen molar-refractivity contribution in [3.05, 3.63) is 120 Å². The zero-order chi connectivity index (χ0) is 21.5. The van der Waals surface area contributed by atoms with Crippen molar-refractivity contribution in [2.45, 2.75) is 0 Å². The van der Waals surface area contributed by atoms with Crippen molar-refractivity contribution in [1.82, 2.24) is 0 Å². The van der Waals surface area contributed by atoms with Gasteiger partial charge in [-0.15, -0.1) is 0 Å². The molecule has 2 heteroatoms. The third kappa shape index (κ3) is 3.34. The van der Waals surface area contributed by atoms with Crippen molar-refractivity contribution < 1.29 is 4.42 Å². The van der Waals surface area contributed by atoms with Crippen LogP contribution >= 0.6 is 15.9 Å². The molecule has 0 amide bonds. The average Bonchev–Trinajstić information content (AvgIpc) is 3.22. The number of furan rings is 1. The Labute approximate surface area is 195 Å². The molecule has 0 unspecified atom stereocenters. The van der Waals surface area contributed by atoms with Crippen LogP contribution in [0.1, 0.15) is 0 Å². The summed E-state index contributed by atoms with van der Waals surface area (Å²) in [5.74, 6) is 0. The lowest BCUT2D eigenvalue weighted by molar-refractivity contribution is 0.670. The molecular weight excluding hydrogens is 456 g/mol. The molecule has 0 spiro atoms. The Morgan fingerprint density at radius 1 is 0.469 bits per heavy atom. The number of hydrogen-bond acceptors (Lipinski definition) is 1. The molecule has 0 aliphatic carbocycles. The molecule has 0 radical (unpaired) electrons. The molecule has 0 fully saturated rings. The quantitative estimate of drug-likeness (QED) is 0.249. The topological polar surface area (TPSA) is 13.1 Å². The van der Waals surface area contributed by atoms with Crippen molar-refractivity contribution in [1.29, 1.82) is 0 Å². The van der Waals surface area contributed by atoms with Gasteiger partial charge in [-0.1, -0.05) is 94.8 Å². The molecule has 1 nitrogen and oxygen atoms in total. The van der Waals surface area contributed by atoms with Crippen LogP contribution in [0.25, 0.3) is 55.3 Å². The molecule has 0 N–H and O–H groups in total. The van der Waals surface area contributed by atoms with Gasteiger partial charge in [-0.05, 0) is 64.2 Å². The molecule has 1 aromatic heterocycles. The largest absolute Gasteiger partial charge is 0.455 e. The molecule has 1 heterocycles. The fraction of sp³-hybridized carbons (Fsp3) is 0. The first kappa shape index (κ1) is 19.1. The number of halogens is 1. The van der Waals surface area contributed by atoms with Gasteiger partial charge in [-0.25, -0.2) is 0 Å². The first-order valence-corrected chi connectivity index (χ1v) is 11.4. The van der Waals surface area contributed by atoms with Crippen LogP contribution in [0.5, 0.6) is 0 Å². The fourth-order valence-corrected chi connectivity index (χ4v) is 4.76. The second kappa shape index (κ2) is 7.81. The summed E-state index contributed by atoms with van der Waals surface area (Å²) in [7, 11) is 0. The van der Waals surface area contributed by atoms with Crippen LogP contribution in [0, 0.1) is 0 Å². The highest BCUT2D eigenvalue weighted by atomic mass is 79.9. The average molecular weight is 475 g/mol. The van der Waals surface area contributed by atoms with Crippen LogP contribution in [-0.2, 0) is 0 Å². The summed E-state index contributed by atoms with van der Waals surface area (Å²) in [6.07, 6.45) is 0. The molecular formula is C30H19BrO. The van der Waals surface area contributed by atoms with Gasteiger partial charge in [0.05, 0.1) is 0 Å². The highest BCUT2D eigenvalue weighted by Gasteiger charge is 2.16. The van der Waals surface area contributed by atoms with Crippen molar-refractivity contribution in [2.75, 3.05) is 0 Å². The third-order valence-corrected chi connectivity index (χ3v) is 6.41. The van der Waals surface area contributed by atoms with E-state index in [1.165, 1.54) is 22.3 Å². The van der Waals surface area contributed by atoms with Gasteiger partial charge in [-0.2, -0.15) is 0 Å². The van der Waals surface area contributed by atoms with E-state index < -0.39 is 0 Å². The Hall–Kier alpha value is -3.62. The minimum Gasteiger partial charge on any atom is -0.455 e. The van der Waals surface area contributed by atoms with E-state index in [-0.39, 0.29) is 0 Å². The van der Waals surface area contributed by atoms with Crippen molar-refractivity contribution in [3.8, 4) is 33.4 Å². The van der Waals surface area contributed by atoms with E-state index >= 15 is 0 Å². The van der Waals surface area contributed by atoms with Gasteiger partial charge in [0.15, 0.2) is 0 Å². The summed E-state index contributed by atoms with van der Waals surface area (Å²) in [5, 5.41) is 2.27.